The standard InChI is InChI=1S/C14H12ClFN2O2/c1-20-12(19)6-5-10-8-17-14(18-13(10)15)9-3-2-4-11(16)7-9/h2-4,7-8H,5-6H2,1H3. The summed E-state index contributed by atoms with van der Waals surface area (Å²) >= 11 is 6.05. The number of aromatic nitrogens is 2. The molecular weight excluding hydrogens is 283 g/mol. The van der Waals surface area contributed by atoms with Crippen LogP contribution in [0, 0.1) is 5.82 Å². The molecule has 104 valence electrons. The Morgan fingerprint density at radius 1 is 1.45 bits per heavy atom. The Balaban J connectivity index is 2.19. The van der Waals surface area contributed by atoms with Gasteiger partial charge in [0.15, 0.2) is 5.82 Å². The van der Waals surface area contributed by atoms with E-state index in [0.717, 1.165) is 0 Å². The van der Waals surface area contributed by atoms with Gasteiger partial charge in [-0.3, -0.25) is 4.79 Å². The first-order valence-corrected chi connectivity index (χ1v) is 6.32. The first-order valence-electron chi connectivity index (χ1n) is 5.94. The molecule has 0 saturated heterocycles. The molecule has 20 heavy (non-hydrogen) atoms. The molecule has 0 fully saturated rings. The van der Waals surface area contributed by atoms with Crippen LogP contribution in [-0.2, 0) is 16.0 Å². The van der Waals surface area contributed by atoms with Gasteiger partial charge in [-0.2, -0.15) is 0 Å². The number of halogens is 2. The van der Waals surface area contributed by atoms with Crippen LogP contribution in [0.4, 0.5) is 4.39 Å². The van der Waals surface area contributed by atoms with Crippen LogP contribution in [0.2, 0.25) is 5.15 Å². The Bertz CT molecular complexity index is 634. The summed E-state index contributed by atoms with van der Waals surface area (Å²) in [6.45, 7) is 0. The number of hydrogen-bond acceptors (Lipinski definition) is 4. The van der Waals surface area contributed by atoms with Crippen molar-refractivity contribution in [2.45, 2.75) is 12.8 Å². The molecule has 6 heteroatoms. The number of carbonyl (C=O) groups excluding carboxylic acids is 1. The van der Waals surface area contributed by atoms with E-state index >= 15 is 0 Å². The minimum absolute atomic E-state index is 0.207. The van der Waals surface area contributed by atoms with Gasteiger partial charge in [-0.1, -0.05) is 23.7 Å². The Kier molecular flexibility index (Phi) is 4.63. The first-order chi connectivity index (χ1) is 9.60. The molecule has 0 saturated carbocycles. The largest absolute Gasteiger partial charge is 0.469 e. The number of ether oxygens (including phenoxy) is 1. The number of carbonyl (C=O) groups is 1. The zero-order chi connectivity index (χ0) is 14.5. The van der Waals surface area contributed by atoms with Crippen molar-refractivity contribution in [3.63, 3.8) is 0 Å². The fourth-order valence-electron chi connectivity index (χ4n) is 1.66. The lowest BCUT2D eigenvalue weighted by atomic mass is 10.1. The molecule has 1 aromatic carbocycles. The smallest absolute Gasteiger partial charge is 0.305 e. The van der Waals surface area contributed by atoms with E-state index in [0.29, 0.717) is 23.4 Å². The molecule has 0 atom stereocenters. The topological polar surface area (TPSA) is 52.1 Å². The van der Waals surface area contributed by atoms with E-state index in [1.165, 1.54) is 19.2 Å². The molecule has 0 aliphatic rings. The lowest BCUT2D eigenvalue weighted by Crippen LogP contribution is -2.03. The Morgan fingerprint density at radius 2 is 2.25 bits per heavy atom. The molecule has 1 aromatic heterocycles. The number of aryl methyl sites for hydroxylation is 1. The zero-order valence-electron chi connectivity index (χ0n) is 10.8. The molecular formula is C14H12ClFN2O2. The van der Waals surface area contributed by atoms with Crippen LogP contribution in [0.15, 0.2) is 30.5 Å². The Hall–Kier alpha value is -2.01. The summed E-state index contributed by atoms with van der Waals surface area (Å²) in [4.78, 5) is 19.3. The van der Waals surface area contributed by atoms with Crippen LogP contribution in [0.1, 0.15) is 12.0 Å². The van der Waals surface area contributed by atoms with Crippen molar-refractivity contribution in [2.24, 2.45) is 0 Å². The van der Waals surface area contributed by atoms with E-state index in [9.17, 15) is 9.18 Å². The maximum atomic E-state index is 13.1. The number of nitrogens with zero attached hydrogens (tertiary/aromatic N) is 2. The van der Waals surface area contributed by atoms with Gasteiger partial charge in [0.25, 0.3) is 0 Å². The maximum absolute atomic E-state index is 13.1. The third-order valence-corrected chi connectivity index (χ3v) is 3.05. The molecule has 1 heterocycles. The molecule has 0 unspecified atom stereocenters. The third-order valence-electron chi connectivity index (χ3n) is 2.72. The van der Waals surface area contributed by atoms with Gasteiger partial charge >= 0.3 is 5.97 Å². The van der Waals surface area contributed by atoms with Crippen LogP contribution >= 0.6 is 11.6 Å². The normalized spacial score (nSPS) is 10.3. The third kappa shape index (κ3) is 3.51. The molecule has 0 bridgehead atoms. The van der Waals surface area contributed by atoms with Gasteiger partial charge in [-0.05, 0) is 18.6 Å². The minimum Gasteiger partial charge on any atom is -0.469 e. The van der Waals surface area contributed by atoms with E-state index in [4.69, 9.17) is 11.6 Å². The summed E-state index contributed by atoms with van der Waals surface area (Å²) < 4.78 is 17.7. The average molecular weight is 295 g/mol. The second kappa shape index (κ2) is 6.43. The predicted octanol–water partition coefficient (Wildman–Crippen LogP) is 3.04. The van der Waals surface area contributed by atoms with Crippen molar-refractivity contribution >= 4 is 17.6 Å². The van der Waals surface area contributed by atoms with Crippen LogP contribution in [0.3, 0.4) is 0 Å². The second-order valence-electron chi connectivity index (χ2n) is 4.10. The van der Waals surface area contributed by atoms with Gasteiger partial charge in [0.1, 0.15) is 11.0 Å². The van der Waals surface area contributed by atoms with Gasteiger partial charge < -0.3 is 4.74 Å². The highest BCUT2D eigenvalue weighted by molar-refractivity contribution is 6.30. The van der Waals surface area contributed by atoms with E-state index in [-0.39, 0.29) is 23.4 Å². The van der Waals surface area contributed by atoms with Crippen molar-refractivity contribution < 1.29 is 13.9 Å². The van der Waals surface area contributed by atoms with Gasteiger partial charge in [0, 0.05) is 23.7 Å². The molecule has 0 aliphatic carbocycles. The monoisotopic (exact) mass is 294 g/mol. The summed E-state index contributed by atoms with van der Waals surface area (Å²) in [7, 11) is 1.33. The van der Waals surface area contributed by atoms with Crippen molar-refractivity contribution in [3.05, 3.63) is 47.0 Å². The van der Waals surface area contributed by atoms with Gasteiger partial charge in [-0.25, -0.2) is 14.4 Å². The first kappa shape index (κ1) is 14.4. The van der Waals surface area contributed by atoms with E-state index < -0.39 is 0 Å². The van der Waals surface area contributed by atoms with Gasteiger partial charge in [0.2, 0.25) is 0 Å². The van der Waals surface area contributed by atoms with Crippen molar-refractivity contribution in [3.8, 4) is 11.4 Å². The summed E-state index contributed by atoms with van der Waals surface area (Å²) in [5, 5.41) is 0.253. The van der Waals surface area contributed by atoms with E-state index in [1.807, 2.05) is 0 Å². The average Bonchev–Trinajstić information content (AvgIpc) is 2.45. The van der Waals surface area contributed by atoms with E-state index in [1.54, 1.807) is 18.3 Å². The molecule has 0 radical (unpaired) electrons. The molecule has 2 aromatic rings. The molecule has 0 N–H and O–H groups in total. The van der Waals surface area contributed by atoms with Crippen LogP contribution in [0.25, 0.3) is 11.4 Å². The molecule has 0 spiro atoms. The Labute approximate surface area is 120 Å². The highest BCUT2D eigenvalue weighted by Gasteiger charge is 2.09. The molecule has 4 nitrogen and oxygen atoms in total. The predicted molar refractivity (Wildman–Crippen MR) is 72.8 cm³/mol. The van der Waals surface area contributed by atoms with Gasteiger partial charge in [0.05, 0.1) is 7.11 Å². The second-order valence-corrected chi connectivity index (χ2v) is 4.45. The fraction of sp³-hybridized carbons (Fsp3) is 0.214. The summed E-state index contributed by atoms with van der Waals surface area (Å²) in [5.74, 6) is -0.344. The van der Waals surface area contributed by atoms with Crippen LogP contribution in [0.5, 0.6) is 0 Å². The molecule has 0 aliphatic heterocycles. The number of benzene rings is 1. The minimum atomic E-state index is -0.364. The molecule has 2 rings (SSSR count). The Morgan fingerprint density at radius 3 is 2.90 bits per heavy atom. The highest BCUT2D eigenvalue weighted by Crippen LogP contribution is 2.21. The number of hydrogen-bond donors (Lipinski definition) is 0. The molecule has 0 amide bonds. The fourth-order valence-corrected chi connectivity index (χ4v) is 1.88. The number of methoxy groups -OCH3 is 1. The number of rotatable bonds is 4. The number of esters is 1. The van der Waals surface area contributed by atoms with Crippen molar-refractivity contribution in [2.75, 3.05) is 7.11 Å². The van der Waals surface area contributed by atoms with Crippen LogP contribution < -0.4 is 0 Å². The zero-order valence-corrected chi connectivity index (χ0v) is 11.5. The summed E-state index contributed by atoms with van der Waals surface area (Å²) in [5.41, 5.74) is 1.20. The van der Waals surface area contributed by atoms with Gasteiger partial charge in [-0.15, -0.1) is 0 Å². The van der Waals surface area contributed by atoms with Crippen molar-refractivity contribution in [1.29, 1.82) is 0 Å². The van der Waals surface area contributed by atoms with Crippen LogP contribution in [-0.4, -0.2) is 23.0 Å². The van der Waals surface area contributed by atoms with E-state index in [2.05, 4.69) is 14.7 Å². The highest BCUT2D eigenvalue weighted by atomic mass is 35.5. The lowest BCUT2D eigenvalue weighted by molar-refractivity contribution is -0.140. The lowest BCUT2D eigenvalue weighted by Gasteiger charge is -2.05. The summed E-state index contributed by atoms with van der Waals surface area (Å²) in [6.07, 6.45) is 2.15. The maximum Gasteiger partial charge on any atom is 0.305 e. The quantitative estimate of drug-likeness (QED) is 0.642. The van der Waals surface area contributed by atoms with Crippen molar-refractivity contribution in [1.82, 2.24) is 9.97 Å². The summed E-state index contributed by atoms with van der Waals surface area (Å²) in [6, 6.07) is 5.95. The SMILES string of the molecule is COC(=O)CCc1cnc(-c2cccc(F)c2)nc1Cl.